The molecule has 0 bridgehead atoms. The van der Waals surface area contributed by atoms with Crippen LogP contribution in [0.5, 0.6) is 0 Å². The Hall–Kier alpha value is -1.14. The molecule has 0 radical (unpaired) electrons. The smallest absolute Gasteiger partial charge is 0.101 e. The van der Waals surface area contributed by atoms with Gasteiger partial charge in [0.05, 0.1) is 11.3 Å². The maximum absolute atomic E-state index is 9.00. The lowest BCUT2D eigenvalue weighted by atomic mass is 10.1. The number of thioether (sulfide) groups is 1. The van der Waals surface area contributed by atoms with Crippen molar-refractivity contribution in [1.29, 1.82) is 5.26 Å². The van der Waals surface area contributed by atoms with Crippen LogP contribution < -0.4 is 5.32 Å². The second-order valence-corrected chi connectivity index (χ2v) is 5.18. The Labute approximate surface area is 102 Å². The molecular weight excluding hydrogens is 216 g/mol. The number of nitrogens with one attached hydrogen (secondary N) is 1. The van der Waals surface area contributed by atoms with Crippen molar-refractivity contribution in [1.82, 2.24) is 0 Å². The van der Waals surface area contributed by atoms with E-state index in [1.54, 1.807) is 0 Å². The van der Waals surface area contributed by atoms with Crippen molar-refractivity contribution in [3.8, 4) is 6.07 Å². The molecule has 0 fully saturated rings. The number of nitriles is 1. The molecule has 1 aromatic rings. The molecule has 0 spiro atoms. The fraction of sp³-hybridized carbons (Fsp3) is 0.462. The van der Waals surface area contributed by atoms with Crippen molar-refractivity contribution < 1.29 is 0 Å². The summed E-state index contributed by atoms with van der Waals surface area (Å²) in [5.41, 5.74) is 2.85. The van der Waals surface area contributed by atoms with E-state index in [4.69, 9.17) is 5.26 Å². The summed E-state index contributed by atoms with van der Waals surface area (Å²) in [5, 5.41) is 12.4. The van der Waals surface area contributed by atoms with E-state index in [1.165, 1.54) is 5.56 Å². The quantitative estimate of drug-likeness (QED) is 0.848. The first-order valence-electron chi connectivity index (χ1n) is 5.52. The molecule has 1 atom stereocenters. The molecule has 0 saturated carbocycles. The number of hydrogen-bond acceptors (Lipinski definition) is 3. The van der Waals surface area contributed by atoms with Crippen LogP contribution in [-0.2, 0) is 0 Å². The Kier molecular flexibility index (Phi) is 5.21. The van der Waals surface area contributed by atoms with Gasteiger partial charge in [0.2, 0.25) is 0 Å². The molecule has 86 valence electrons. The number of anilines is 1. The fourth-order valence-corrected chi connectivity index (χ4v) is 2.15. The molecule has 1 N–H and O–H groups in total. The first kappa shape index (κ1) is 12.9. The van der Waals surface area contributed by atoms with E-state index in [-0.39, 0.29) is 0 Å². The second-order valence-electron chi connectivity index (χ2n) is 3.87. The maximum atomic E-state index is 9.00. The Morgan fingerprint density at radius 1 is 1.50 bits per heavy atom. The van der Waals surface area contributed by atoms with Gasteiger partial charge >= 0.3 is 0 Å². The Morgan fingerprint density at radius 3 is 2.88 bits per heavy atom. The summed E-state index contributed by atoms with van der Waals surface area (Å²) in [6, 6.07) is 8.48. The molecular formula is C13H18N2S. The number of rotatable bonds is 5. The zero-order valence-electron chi connectivity index (χ0n) is 10.1. The SMILES string of the molecule is CCSCC(C)Nc1cc(C)ccc1C#N. The van der Waals surface area contributed by atoms with E-state index in [0.29, 0.717) is 6.04 Å². The largest absolute Gasteiger partial charge is 0.381 e. The van der Waals surface area contributed by atoms with Crippen LogP contribution in [0.25, 0.3) is 0 Å². The van der Waals surface area contributed by atoms with Crippen LogP contribution in [0, 0.1) is 18.3 Å². The van der Waals surface area contributed by atoms with Crippen molar-refractivity contribution in [2.24, 2.45) is 0 Å². The first-order chi connectivity index (χ1) is 7.67. The van der Waals surface area contributed by atoms with E-state index in [2.05, 4.69) is 25.2 Å². The van der Waals surface area contributed by atoms with Gasteiger partial charge in [-0.3, -0.25) is 0 Å². The highest BCUT2D eigenvalue weighted by molar-refractivity contribution is 7.99. The lowest BCUT2D eigenvalue weighted by Crippen LogP contribution is -2.18. The fourth-order valence-electron chi connectivity index (χ4n) is 1.48. The predicted octanol–water partition coefficient (Wildman–Crippen LogP) is 3.42. The number of benzene rings is 1. The van der Waals surface area contributed by atoms with Crippen LogP contribution in [0.1, 0.15) is 25.0 Å². The Balaban J connectivity index is 2.72. The summed E-state index contributed by atoms with van der Waals surface area (Å²) >= 11 is 1.91. The minimum Gasteiger partial charge on any atom is -0.381 e. The van der Waals surface area contributed by atoms with Crippen LogP contribution in [-0.4, -0.2) is 17.5 Å². The van der Waals surface area contributed by atoms with Gasteiger partial charge in [-0.25, -0.2) is 0 Å². The van der Waals surface area contributed by atoms with Crippen molar-refractivity contribution >= 4 is 17.4 Å². The highest BCUT2D eigenvalue weighted by atomic mass is 32.2. The summed E-state index contributed by atoms with van der Waals surface area (Å²) < 4.78 is 0. The minimum absolute atomic E-state index is 0.388. The molecule has 0 aromatic heterocycles. The lowest BCUT2D eigenvalue weighted by molar-refractivity contribution is 0.912. The Morgan fingerprint density at radius 2 is 2.25 bits per heavy atom. The normalized spacial score (nSPS) is 11.9. The maximum Gasteiger partial charge on any atom is 0.101 e. The van der Waals surface area contributed by atoms with Crippen LogP contribution in [0.4, 0.5) is 5.69 Å². The molecule has 0 saturated heterocycles. The van der Waals surface area contributed by atoms with Crippen molar-refractivity contribution in [3.63, 3.8) is 0 Å². The second kappa shape index (κ2) is 6.44. The van der Waals surface area contributed by atoms with Crippen LogP contribution in [0.2, 0.25) is 0 Å². The van der Waals surface area contributed by atoms with Crippen LogP contribution in [0.15, 0.2) is 18.2 Å². The highest BCUT2D eigenvalue weighted by Crippen LogP contribution is 2.18. The number of aryl methyl sites for hydroxylation is 1. The third kappa shape index (κ3) is 3.79. The van der Waals surface area contributed by atoms with Gasteiger partial charge in [0.25, 0.3) is 0 Å². The van der Waals surface area contributed by atoms with Gasteiger partial charge in [-0.05, 0) is 37.3 Å². The van der Waals surface area contributed by atoms with Gasteiger partial charge in [0, 0.05) is 11.8 Å². The van der Waals surface area contributed by atoms with Gasteiger partial charge in [0.15, 0.2) is 0 Å². The van der Waals surface area contributed by atoms with Crippen molar-refractivity contribution in [2.45, 2.75) is 26.8 Å². The number of nitrogens with zero attached hydrogens (tertiary/aromatic N) is 1. The first-order valence-corrected chi connectivity index (χ1v) is 6.68. The third-order valence-electron chi connectivity index (χ3n) is 2.27. The summed E-state index contributed by atoms with van der Waals surface area (Å²) in [7, 11) is 0. The van der Waals surface area contributed by atoms with Gasteiger partial charge in [0.1, 0.15) is 6.07 Å². The molecule has 0 amide bonds. The van der Waals surface area contributed by atoms with Gasteiger partial charge in [-0.15, -0.1) is 0 Å². The van der Waals surface area contributed by atoms with E-state index < -0.39 is 0 Å². The molecule has 0 aliphatic rings. The van der Waals surface area contributed by atoms with Gasteiger partial charge < -0.3 is 5.32 Å². The molecule has 2 nitrogen and oxygen atoms in total. The molecule has 0 aliphatic carbocycles. The zero-order chi connectivity index (χ0) is 12.0. The van der Waals surface area contributed by atoms with Gasteiger partial charge in [-0.2, -0.15) is 17.0 Å². The van der Waals surface area contributed by atoms with Crippen LogP contribution in [0.3, 0.4) is 0 Å². The molecule has 0 heterocycles. The summed E-state index contributed by atoms with van der Waals surface area (Å²) in [6.45, 7) is 6.34. The lowest BCUT2D eigenvalue weighted by Gasteiger charge is -2.16. The Bertz CT molecular complexity index is 382. The molecule has 0 aliphatic heterocycles. The molecule has 1 unspecified atom stereocenters. The van der Waals surface area contributed by atoms with Crippen LogP contribution >= 0.6 is 11.8 Å². The predicted molar refractivity (Wildman–Crippen MR) is 72.0 cm³/mol. The monoisotopic (exact) mass is 234 g/mol. The standard InChI is InChI=1S/C13H18N2S/c1-4-16-9-11(3)15-13-7-10(2)5-6-12(13)8-14/h5-7,11,15H,4,9H2,1-3H3. The summed E-state index contributed by atoms with van der Waals surface area (Å²) in [6.07, 6.45) is 0. The molecule has 1 aromatic carbocycles. The molecule has 3 heteroatoms. The zero-order valence-corrected chi connectivity index (χ0v) is 10.9. The third-order valence-corrected chi connectivity index (χ3v) is 3.41. The number of hydrogen-bond donors (Lipinski definition) is 1. The van der Waals surface area contributed by atoms with Crippen molar-refractivity contribution in [2.75, 3.05) is 16.8 Å². The minimum atomic E-state index is 0.388. The van der Waals surface area contributed by atoms with E-state index in [0.717, 1.165) is 22.8 Å². The van der Waals surface area contributed by atoms with E-state index in [9.17, 15) is 0 Å². The highest BCUT2D eigenvalue weighted by Gasteiger charge is 2.06. The summed E-state index contributed by atoms with van der Waals surface area (Å²) in [4.78, 5) is 0. The average molecular weight is 234 g/mol. The van der Waals surface area contributed by atoms with E-state index >= 15 is 0 Å². The van der Waals surface area contributed by atoms with Gasteiger partial charge in [-0.1, -0.05) is 13.0 Å². The van der Waals surface area contributed by atoms with E-state index in [1.807, 2.05) is 36.9 Å². The molecule has 1 rings (SSSR count). The topological polar surface area (TPSA) is 35.8 Å². The van der Waals surface area contributed by atoms with Crippen molar-refractivity contribution in [3.05, 3.63) is 29.3 Å². The molecule has 16 heavy (non-hydrogen) atoms. The summed E-state index contributed by atoms with van der Waals surface area (Å²) in [5.74, 6) is 2.19. The average Bonchev–Trinajstić information content (AvgIpc) is 2.27.